The molecule has 2 aromatic carbocycles. The van der Waals surface area contributed by atoms with Crippen molar-refractivity contribution in [1.29, 1.82) is 0 Å². The molecule has 1 saturated heterocycles. The SMILES string of the molecule is Cc1ncsc1-c1ccc([C@H](C)NC(=O)[C@@H]2C[C@@H](O)CN2C(=O)[C@@H](NC(=O)CCCCCn2cc(-c3cc(-c4ccccc4O)nnc3N)cn2)C(C)(C)C)cc1. The van der Waals surface area contributed by atoms with Crippen LogP contribution in [0.4, 0.5) is 5.82 Å². The summed E-state index contributed by atoms with van der Waals surface area (Å²) in [6.45, 7) is 10.1. The Morgan fingerprint density at radius 1 is 1.00 bits per heavy atom. The summed E-state index contributed by atoms with van der Waals surface area (Å²) in [5.74, 6) is -0.648. The average Bonchev–Trinajstić information content (AvgIpc) is 3.93. The van der Waals surface area contributed by atoms with Crippen LogP contribution in [-0.4, -0.2) is 82.5 Å². The summed E-state index contributed by atoms with van der Waals surface area (Å²) in [7, 11) is 0. The second-order valence-corrected chi connectivity index (χ2v) is 16.6. The van der Waals surface area contributed by atoms with Crippen LogP contribution in [0.1, 0.15) is 77.1 Å². The molecule has 3 amide bonds. The number of nitrogens with one attached hydrogen (secondary N) is 2. The number of hydrogen-bond acceptors (Lipinski definition) is 11. The largest absolute Gasteiger partial charge is 0.507 e. The fraction of sp³-hybridized carbons (Fsp3) is 0.405. The number of amides is 3. The van der Waals surface area contributed by atoms with Crippen LogP contribution in [0, 0.1) is 12.3 Å². The number of nitrogens with zero attached hydrogens (tertiary/aromatic N) is 6. The molecule has 0 unspecified atom stereocenters. The lowest BCUT2D eigenvalue weighted by Gasteiger charge is -2.35. The topological polar surface area (TPSA) is 201 Å². The van der Waals surface area contributed by atoms with Gasteiger partial charge >= 0.3 is 0 Å². The summed E-state index contributed by atoms with van der Waals surface area (Å²) in [5, 5.41) is 39.6. The number of carbonyl (C=O) groups is 3. The number of aromatic hydroxyl groups is 1. The fourth-order valence-electron chi connectivity index (χ4n) is 7.06. The third-order valence-corrected chi connectivity index (χ3v) is 11.3. The van der Waals surface area contributed by atoms with E-state index in [0.29, 0.717) is 29.8 Å². The molecule has 1 aliphatic heterocycles. The van der Waals surface area contributed by atoms with E-state index in [4.69, 9.17) is 5.73 Å². The number of para-hydroxylation sites is 1. The van der Waals surface area contributed by atoms with Crippen molar-refractivity contribution < 1.29 is 24.6 Å². The lowest BCUT2D eigenvalue weighted by Crippen LogP contribution is -2.57. The fourth-order valence-corrected chi connectivity index (χ4v) is 7.88. The molecule has 0 spiro atoms. The molecule has 4 atom stereocenters. The van der Waals surface area contributed by atoms with Gasteiger partial charge in [0.25, 0.3) is 0 Å². The van der Waals surface area contributed by atoms with E-state index in [1.807, 2.05) is 81.3 Å². The number of aliphatic hydroxyl groups excluding tert-OH is 1. The lowest BCUT2D eigenvalue weighted by molar-refractivity contribution is -0.144. The minimum atomic E-state index is -0.894. The van der Waals surface area contributed by atoms with Gasteiger partial charge in [-0.3, -0.25) is 19.1 Å². The van der Waals surface area contributed by atoms with Crippen LogP contribution in [0.3, 0.4) is 0 Å². The van der Waals surface area contributed by atoms with Gasteiger partial charge in [0, 0.05) is 48.8 Å². The maximum Gasteiger partial charge on any atom is 0.246 e. The number of benzene rings is 2. The van der Waals surface area contributed by atoms with Gasteiger partial charge in [-0.25, -0.2) is 4.98 Å². The molecule has 3 aromatic heterocycles. The number of unbranched alkanes of at least 4 members (excludes halogenated alkanes) is 2. The molecule has 0 aliphatic carbocycles. The minimum absolute atomic E-state index is 0.00777. The Bertz CT molecular complexity index is 2200. The molecule has 6 N–H and O–H groups in total. The van der Waals surface area contributed by atoms with Crippen molar-refractivity contribution in [3.8, 4) is 38.6 Å². The number of nitrogen functional groups attached to an aromatic ring is 1. The van der Waals surface area contributed by atoms with Crippen molar-refractivity contribution in [2.45, 2.75) is 97.5 Å². The molecule has 14 nitrogen and oxygen atoms in total. The zero-order chi connectivity index (χ0) is 40.9. The van der Waals surface area contributed by atoms with Gasteiger partial charge in [-0.1, -0.05) is 63.6 Å². The monoisotopic (exact) mass is 793 g/mol. The van der Waals surface area contributed by atoms with E-state index in [-0.39, 0.29) is 48.8 Å². The summed E-state index contributed by atoms with van der Waals surface area (Å²) >= 11 is 1.58. The zero-order valence-corrected chi connectivity index (χ0v) is 33.8. The van der Waals surface area contributed by atoms with E-state index < -0.39 is 29.5 Å². The highest BCUT2D eigenvalue weighted by atomic mass is 32.1. The smallest absolute Gasteiger partial charge is 0.246 e. The molecular formula is C42H51N9O5S. The van der Waals surface area contributed by atoms with Gasteiger partial charge in [-0.05, 0) is 61.4 Å². The van der Waals surface area contributed by atoms with E-state index in [1.54, 1.807) is 41.8 Å². The first kappa shape index (κ1) is 41.0. The highest BCUT2D eigenvalue weighted by molar-refractivity contribution is 7.13. The van der Waals surface area contributed by atoms with Crippen LogP contribution in [0.25, 0.3) is 32.8 Å². The van der Waals surface area contributed by atoms with Crippen LogP contribution in [0.15, 0.2) is 72.5 Å². The Morgan fingerprint density at radius 3 is 2.46 bits per heavy atom. The molecule has 4 heterocycles. The first-order chi connectivity index (χ1) is 27.2. The quantitative estimate of drug-likeness (QED) is 0.0874. The molecule has 15 heteroatoms. The van der Waals surface area contributed by atoms with E-state index in [1.165, 1.54) is 4.90 Å². The molecule has 0 radical (unpaired) electrons. The number of hydrogen-bond donors (Lipinski definition) is 5. The zero-order valence-electron chi connectivity index (χ0n) is 33.0. The van der Waals surface area contributed by atoms with Gasteiger partial charge in [0.15, 0.2) is 5.82 Å². The van der Waals surface area contributed by atoms with Crippen LogP contribution in [0.5, 0.6) is 5.75 Å². The Morgan fingerprint density at radius 2 is 1.75 bits per heavy atom. The van der Waals surface area contributed by atoms with Gasteiger partial charge in [0.2, 0.25) is 17.7 Å². The molecular weight excluding hydrogens is 743 g/mol. The van der Waals surface area contributed by atoms with Crippen molar-refractivity contribution in [1.82, 2.24) is 40.5 Å². The normalized spacial score (nSPS) is 16.6. The highest BCUT2D eigenvalue weighted by Crippen LogP contribution is 2.33. The summed E-state index contributed by atoms with van der Waals surface area (Å²) < 4.78 is 1.81. The Balaban J connectivity index is 0.995. The number of phenols is 1. The lowest BCUT2D eigenvalue weighted by atomic mass is 9.85. The number of carbonyl (C=O) groups excluding carboxylic acids is 3. The Kier molecular flexibility index (Phi) is 12.7. The number of rotatable bonds is 14. The Hall–Kier alpha value is -5.67. The second-order valence-electron chi connectivity index (χ2n) is 15.7. The maximum atomic E-state index is 14.1. The first-order valence-electron chi connectivity index (χ1n) is 19.2. The van der Waals surface area contributed by atoms with Crippen molar-refractivity contribution in [3.05, 3.63) is 83.8 Å². The van der Waals surface area contributed by atoms with Crippen LogP contribution < -0.4 is 16.4 Å². The van der Waals surface area contributed by atoms with E-state index in [9.17, 15) is 24.6 Å². The maximum absolute atomic E-state index is 14.1. The Labute approximate surface area is 336 Å². The van der Waals surface area contributed by atoms with Gasteiger partial charge in [0.05, 0.1) is 40.1 Å². The molecule has 6 rings (SSSR count). The number of aliphatic hydroxyl groups is 1. The van der Waals surface area contributed by atoms with Crippen LogP contribution in [-0.2, 0) is 20.9 Å². The van der Waals surface area contributed by atoms with E-state index in [0.717, 1.165) is 40.1 Å². The predicted molar refractivity (Wildman–Crippen MR) is 220 cm³/mol. The molecule has 1 fully saturated rings. The number of nitrogens with two attached hydrogens (primary N) is 1. The number of phenolic OH excluding ortho intramolecular Hbond substituents is 1. The number of aromatic nitrogens is 5. The summed E-state index contributed by atoms with van der Waals surface area (Å²) in [5.41, 5.74) is 12.7. The van der Waals surface area contributed by atoms with Crippen molar-refractivity contribution in [2.24, 2.45) is 5.41 Å². The van der Waals surface area contributed by atoms with E-state index >= 15 is 0 Å². The molecule has 1 aliphatic rings. The number of anilines is 1. The number of β-amino-alcohol motifs (C(OH)–C–C–N with tert-alkyl or cyclic N) is 1. The molecule has 300 valence electrons. The number of likely N-dealkylation sites (tertiary alicyclic amines) is 1. The highest BCUT2D eigenvalue weighted by Gasteiger charge is 2.44. The van der Waals surface area contributed by atoms with Crippen molar-refractivity contribution in [2.75, 3.05) is 12.3 Å². The third kappa shape index (κ3) is 9.84. The number of thiazole rings is 1. The minimum Gasteiger partial charge on any atom is -0.507 e. The summed E-state index contributed by atoms with van der Waals surface area (Å²) in [6.07, 6.45) is 5.18. The van der Waals surface area contributed by atoms with Crippen LogP contribution in [0.2, 0.25) is 0 Å². The number of aryl methyl sites for hydroxylation is 2. The molecule has 0 saturated carbocycles. The predicted octanol–water partition coefficient (Wildman–Crippen LogP) is 5.66. The molecule has 5 aromatic rings. The summed E-state index contributed by atoms with van der Waals surface area (Å²) in [6, 6.07) is 14.5. The molecule has 0 bridgehead atoms. The standard InChI is InChI=1S/C42H51N9O5S/c1-25(27-14-16-28(17-15-27)37-26(2)44-24-57-37)46-40(55)34-19-30(52)23-51(34)41(56)38(42(3,4)5)47-36(54)13-7-6-10-18-50-22-29(21-45-50)32-20-33(48-49-39(32)43)31-11-8-9-12-35(31)53/h8-9,11-12,14-17,20-22,24-25,30,34,38,52-53H,6-7,10,13,18-19,23H2,1-5H3,(H2,43,49)(H,46,55)(H,47,54)/t25-,30+,34-,38+/m0/s1. The van der Waals surface area contributed by atoms with Gasteiger partial charge in [-0.15, -0.1) is 21.5 Å². The first-order valence-corrected chi connectivity index (χ1v) is 20.1. The average molecular weight is 794 g/mol. The van der Waals surface area contributed by atoms with Gasteiger partial charge < -0.3 is 31.5 Å². The second kappa shape index (κ2) is 17.6. The van der Waals surface area contributed by atoms with Gasteiger partial charge in [0.1, 0.15) is 17.8 Å². The van der Waals surface area contributed by atoms with E-state index in [2.05, 4.69) is 30.9 Å². The molecule has 57 heavy (non-hydrogen) atoms. The third-order valence-electron chi connectivity index (χ3n) is 10.3. The van der Waals surface area contributed by atoms with Gasteiger partial charge in [-0.2, -0.15) is 5.10 Å². The van der Waals surface area contributed by atoms with Crippen molar-refractivity contribution in [3.63, 3.8) is 0 Å². The van der Waals surface area contributed by atoms with Crippen molar-refractivity contribution >= 4 is 34.9 Å². The summed E-state index contributed by atoms with van der Waals surface area (Å²) in [4.78, 5) is 47.8. The van der Waals surface area contributed by atoms with Crippen LogP contribution >= 0.6 is 11.3 Å².